The van der Waals surface area contributed by atoms with Crippen molar-refractivity contribution in [1.29, 1.82) is 0 Å². The van der Waals surface area contributed by atoms with E-state index in [2.05, 4.69) is 16.0 Å². The van der Waals surface area contributed by atoms with Crippen LogP contribution in [0.1, 0.15) is 141 Å². The highest BCUT2D eigenvalue weighted by Crippen LogP contribution is 2.49. The number of amides is 2. The van der Waals surface area contributed by atoms with Crippen LogP contribution in [0.3, 0.4) is 0 Å². The summed E-state index contributed by atoms with van der Waals surface area (Å²) in [6, 6.07) is -0.739. The van der Waals surface area contributed by atoms with E-state index in [-0.39, 0.29) is 113 Å². The van der Waals surface area contributed by atoms with Crippen molar-refractivity contribution >= 4 is 106 Å². The van der Waals surface area contributed by atoms with Crippen LogP contribution in [0.15, 0.2) is 0 Å². The van der Waals surface area contributed by atoms with E-state index in [1.807, 2.05) is 0 Å². The molecule has 4 atom stereocenters. The van der Waals surface area contributed by atoms with E-state index in [0.29, 0.717) is 45.3 Å². The Morgan fingerprint density at radius 3 is 1.72 bits per heavy atom. The molecule has 0 bridgehead atoms. The van der Waals surface area contributed by atoms with Crippen LogP contribution in [0.5, 0.6) is 0 Å². The fourth-order valence-electron chi connectivity index (χ4n) is 6.52. The highest BCUT2D eigenvalue weighted by molar-refractivity contribution is 8.92. The Morgan fingerprint density at radius 2 is 1.07 bits per heavy atom. The van der Waals surface area contributed by atoms with E-state index >= 15 is 0 Å². The van der Waals surface area contributed by atoms with Crippen LogP contribution in [0.25, 0.3) is 0 Å². The molecular weight excluding hydrogens is 1000 g/mol. The van der Waals surface area contributed by atoms with E-state index in [9.17, 15) is 48.9 Å². The number of unbranched alkanes of at least 4 members (excludes halogenated alkanes) is 12. The number of carbonyl (C=O) groups is 7. The molecule has 1 aliphatic heterocycles. The quantitative estimate of drug-likeness (QED) is 0.0229. The van der Waals surface area contributed by atoms with Crippen molar-refractivity contribution in [2.45, 2.75) is 157 Å². The first-order valence-electron chi connectivity index (χ1n) is 23.7. The van der Waals surface area contributed by atoms with Gasteiger partial charge in [0.1, 0.15) is 29.7 Å². The molecule has 0 aliphatic carbocycles. The number of carboxylic acids is 3. The molecule has 1 fully saturated rings. The van der Waals surface area contributed by atoms with E-state index in [4.69, 9.17) is 24.1 Å². The van der Waals surface area contributed by atoms with Crippen LogP contribution < -0.4 is 16.0 Å². The summed E-state index contributed by atoms with van der Waals surface area (Å²) in [5.74, 6) is -4.41. The maximum Gasteiger partial charge on any atom is 0.320 e. The van der Waals surface area contributed by atoms with E-state index in [0.717, 1.165) is 62.9 Å². The summed E-state index contributed by atoms with van der Waals surface area (Å²) in [4.78, 5) is 82.9. The predicted octanol–water partition coefficient (Wildman–Crippen LogP) is 7.51. The highest BCUT2D eigenvalue weighted by atomic mass is 33.2. The third-order valence-corrected chi connectivity index (χ3v) is 20.0. The first-order chi connectivity index (χ1) is 32.9. The third kappa shape index (κ3) is 41.2. The molecular formula is C44H77N3O15S6. The molecule has 0 aromatic rings. The molecule has 1 aliphatic rings. The molecule has 2 amide bonds. The lowest BCUT2D eigenvalue weighted by Gasteiger charge is -2.21. The fraction of sp³-hybridized carbons (Fsp3) is 0.841. The normalized spacial score (nSPS) is 16.2. The molecule has 2 unspecified atom stereocenters. The number of ether oxygens (including phenoxy) is 4. The van der Waals surface area contributed by atoms with Crippen LogP contribution in [0, 0.1) is 5.92 Å². The van der Waals surface area contributed by atoms with Gasteiger partial charge in [-0.25, -0.2) is 0 Å². The molecule has 1 rings (SSSR count). The largest absolute Gasteiger partial charge is 0.481 e. The summed E-state index contributed by atoms with van der Waals surface area (Å²) < 4.78 is 20.8. The molecule has 0 radical (unpaired) electrons. The monoisotopic (exact) mass is 1080 g/mol. The van der Waals surface area contributed by atoms with Gasteiger partial charge < -0.3 is 50.0 Å². The standard InChI is InChI=1S/C44H77N3O15S6/c48-35(16-11-9-7-5-3-1-2-4-6-8-10-12-19-40(52)53)30-34(41(54)55)20-21-38(50)46-23-25-60-27-28-61-31-36(49)17-15-24-59-26-29-62-32-39(51)45-22-14-13-18-37(42(56)57)47-43-65-63-33-64-67-44(58)68-66-43/h34,37,43-44,47,58H,1-33H2,(H,45,51)(H,46,50)(H,52,53)(H,54,55)(H,56,57)/t34-,37+,43?,44?/m1/s1. The zero-order valence-electron chi connectivity index (χ0n) is 39.4. The van der Waals surface area contributed by atoms with Gasteiger partial charge in [-0.15, -0.1) is 0 Å². The Labute approximate surface area is 426 Å². The number of aliphatic hydroxyl groups excluding tert-OH is 1. The Morgan fingerprint density at radius 1 is 0.500 bits per heavy atom. The fourth-order valence-corrected chi connectivity index (χ4v) is 16.4. The maximum absolute atomic E-state index is 12.4. The zero-order valence-corrected chi connectivity index (χ0v) is 44.3. The topological polar surface area (TPSA) is 273 Å². The zero-order chi connectivity index (χ0) is 49.9. The molecule has 0 saturated carbocycles. The van der Waals surface area contributed by atoms with Crippen molar-refractivity contribution in [1.82, 2.24) is 16.0 Å². The van der Waals surface area contributed by atoms with Crippen molar-refractivity contribution < 1.29 is 72.9 Å². The Hall–Kier alpha value is -1.45. The van der Waals surface area contributed by atoms with Gasteiger partial charge in [0.05, 0.1) is 44.0 Å². The number of nitrogens with one attached hydrogen (secondary N) is 3. The van der Waals surface area contributed by atoms with Crippen LogP contribution >= 0.6 is 64.8 Å². The molecule has 394 valence electrons. The second-order valence-electron chi connectivity index (χ2n) is 16.1. The Kier molecular flexibility index (Phi) is 43.1. The van der Waals surface area contributed by atoms with Gasteiger partial charge in [0.15, 0.2) is 10.6 Å². The summed E-state index contributed by atoms with van der Waals surface area (Å²) in [6.07, 6.45) is 15.5. The van der Waals surface area contributed by atoms with Crippen molar-refractivity contribution in [3.05, 3.63) is 0 Å². The minimum absolute atomic E-state index is 0.00866. The minimum Gasteiger partial charge on any atom is -0.481 e. The van der Waals surface area contributed by atoms with Crippen LogP contribution in [0.4, 0.5) is 0 Å². The average molecular weight is 1080 g/mol. The number of hydrogen-bond donors (Lipinski definition) is 7. The van der Waals surface area contributed by atoms with Gasteiger partial charge in [-0.05, 0) is 66.5 Å². The van der Waals surface area contributed by atoms with E-state index in [1.165, 1.54) is 51.6 Å². The van der Waals surface area contributed by atoms with Crippen LogP contribution in [-0.4, -0.2) is 148 Å². The number of hydrogen-bond acceptors (Lipinski definition) is 19. The summed E-state index contributed by atoms with van der Waals surface area (Å²) in [5.41, 5.74) is 0. The first kappa shape index (κ1) is 64.6. The first-order valence-corrected chi connectivity index (χ1v) is 30.8. The van der Waals surface area contributed by atoms with Gasteiger partial charge in [0.25, 0.3) is 0 Å². The van der Waals surface area contributed by atoms with Crippen LogP contribution in [-0.2, 0) is 52.5 Å². The SMILES string of the molecule is O=C(O)CCCCCCCCCCCCCCC(=O)C[C@@H](CCC(=O)NCCOCCOCC(=O)CCCOCCOCC(=O)NCCCC[C@H](NC1SSCSSC(O)SS1)C(=O)O)C(=O)O. The van der Waals surface area contributed by atoms with Crippen molar-refractivity contribution in [2.75, 3.05) is 71.0 Å². The molecule has 24 heteroatoms. The minimum atomic E-state index is -1.08. The second kappa shape index (κ2) is 45.4. The van der Waals surface area contributed by atoms with Gasteiger partial charge in [0.2, 0.25) is 11.8 Å². The predicted molar refractivity (Wildman–Crippen MR) is 274 cm³/mol. The van der Waals surface area contributed by atoms with E-state index < -0.39 is 34.6 Å². The van der Waals surface area contributed by atoms with Gasteiger partial charge in [-0.1, -0.05) is 107 Å². The Bertz CT molecular complexity index is 1400. The number of ketones is 2. The van der Waals surface area contributed by atoms with Gasteiger partial charge in [0, 0.05) is 51.8 Å². The molecule has 7 N–H and O–H groups in total. The van der Waals surface area contributed by atoms with Gasteiger partial charge in [-0.2, -0.15) is 0 Å². The number of rotatable bonds is 46. The van der Waals surface area contributed by atoms with Crippen molar-refractivity contribution in [3.63, 3.8) is 0 Å². The lowest BCUT2D eigenvalue weighted by Crippen LogP contribution is -2.40. The number of aliphatic carboxylic acids is 3. The van der Waals surface area contributed by atoms with Crippen molar-refractivity contribution in [3.8, 4) is 0 Å². The summed E-state index contributed by atoms with van der Waals surface area (Å²) in [6.45, 7) is 1.89. The molecule has 1 heterocycles. The molecule has 68 heavy (non-hydrogen) atoms. The summed E-state index contributed by atoms with van der Waals surface area (Å²) >= 11 is 0. The number of Topliss-reactive ketones (excluding diaryl/α,β-unsaturated/α-hetero) is 2. The summed E-state index contributed by atoms with van der Waals surface area (Å²) in [7, 11) is 8.82. The number of carbonyl (C=O) groups excluding carboxylic acids is 4. The maximum atomic E-state index is 12.4. The third-order valence-electron chi connectivity index (χ3n) is 10.2. The molecule has 0 aromatic heterocycles. The molecule has 18 nitrogen and oxygen atoms in total. The van der Waals surface area contributed by atoms with Gasteiger partial charge in [-0.3, -0.25) is 38.9 Å². The number of aliphatic hydroxyl groups is 1. The average Bonchev–Trinajstić information content (AvgIpc) is 3.40. The Balaban J connectivity index is 1.94. The molecule has 0 spiro atoms. The van der Waals surface area contributed by atoms with Crippen LogP contribution in [0.2, 0.25) is 0 Å². The molecule has 1 saturated heterocycles. The number of carboxylic acid groups (broad SMARTS) is 3. The highest BCUT2D eigenvalue weighted by Gasteiger charge is 2.25. The van der Waals surface area contributed by atoms with Gasteiger partial charge >= 0.3 is 17.9 Å². The van der Waals surface area contributed by atoms with E-state index in [1.54, 1.807) is 32.4 Å². The lowest BCUT2D eigenvalue weighted by molar-refractivity contribution is -0.144. The smallest absolute Gasteiger partial charge is 0.320 e. The van der Waals surface area contributed by atoms with Crippen molar-refractivity contribution in [2.24, 2.45) is 5.92 Å². The summed E-state index contributed by atoms with van der Waals surface area (Å²) in [5, 5.41) is 47.2. The lowest BCUT2D eigenvalue weighted by atomic mass is 9.94. The molecule has 0 aromatic carbocycles. The second-order valence-corrected chi connectivity index (χ2v) is 24.4.